The molecule has 7 nitrogen and oxygen atoms in total. The molecule has 2 aromatic heterocycles. The summed E-state index contributed by atoms with van der Waals surface area (Å²) >= 11 is 0. The Morgan fingerprint density at radius 2 is 2.09 bits per heavy atom. The van der Waals surface area contributed by atoms with E-state index in [0.29, 0.717) is 6.54 Å². The SMILES string of the molecule is CC(C)(C)NC(=O)N1CC=C(C2Cc3c(Nc4ccc5[nH]ccc5c4)ccnc3N2)CC1. The second-order valence-electron chi connectivity index (χ2n) is 9.65. The van der Waals surface area contributed by atoms with Gasteiger partial charge in [0.25, 0.3) is 0 Å². The standard InChI is InChI=1S/C25H30N6O/c1-25(2,3)30-24(32)31-12-8-16(9-13-31)22-15-19-21(7-11-27-23(19)29-22)28-18-4-5-20-17(14-18)6-10-26-20/h4-8,10-11,14,22,26H,9,12-13,15H2,1-3H3,(H,30,32)(H2,27,28,29). The molecule has 5 rings (SSSR count). The van der Waals surface area contributed by atoms with E-state index in [1.54, 1.807) is 0 Å². The molecule has 4 N–H and O–H groups in total. The number of hydrogen-bond acceptors (Lipinski definition) is 4. The lowest BCUT2D eigenvalue weighted by Gasteiger charge is -2.31. The third-order valence-corrected chi connectivity index (χ3v) is 6.07. The topological polar surface area (TPSA) is 85.1 Å². The molecule has 4 heterocycles. The van der Waals surface area contributed by atoms with Crippen LogP contribution in [0.15, 0.2) is 54.4 Å². The Labute approximate surface area is 188 Å². The van der Waals surface area contributed by atoms with Gasteiger partial charge in [0.15, 0.2) is 0 Å². The fourth-order valence-electron chi connectivity index (χ4n) is 4.46. The molecule has 0 fully saturated rings. The molecule has 1 aromatic carbocycles. The predicted molar refractivity (Wildman–Crippen MR) is 129 cm³/mol. The third-order valence-electron chi connectivity index (χ3n) is 6.07. The molecular formula is C25H30N6O. The van der Waals surface area contributed by atoms with Crippen LogP contribution in [-0.4, -0.2) is 45.6 Å². The van der Waals surface area contributed by atoms with E-state index >= 15 is 0 Å². The van der Waals surface area contributed by atoms with E-state index < -0.39 is 0 Å². The average molecular weight is 431 g/mol. The zero-order chi connectivity index (χ0) is 22.3. The number of nitrogens with one attached hydrogen (secondary N) is 4. The molecule has 2 aliphatic rings. The van der Waals surface area contributed by atoms with Gasteiger partial charge in [-0.1, -0.05) is 6.08 Å². The molecule has 0 bridgehead atoms. The molecule has 2 amide bonds. The van der Waals surface area contributed by atoms with Crippen molar-refractivity contribution in [1.29, 1.82) is 0 Å². The van der Waals surface area contributed by atoms with Crippen molar-refractivity contribution in [1.82, 2.24) is 20.2 Å². The zero-order valence-electron chi connectivity index (χ0n) is 18.8. The quantitative estimate of drug-likeness (QED) is 0.451. The van der Waals surface area contributed by atoms with Gasteiger partial charge in [0, 0.05) is 65.3 Å². The van der Waals surface area contributed by atoms with E-state index in [4.69, 9.17) is 0 Å². The number of carbonyl (C=O) groups excluding carboxylic acids is 1. The second kappa shape index (κ2) is 7.89. The highest BCUT2D eigenvalue weighted by Gasteiger charge is 2.30. The van der Waals surface area contributed by atoms with E-state index in [9.17, 15) is 4.79 Å². The molecule has 0 saturated carbocycles. The predicted octanol–water partition coefficient (Wildman–Crippen LogP) is 4.78. The monoisotopic (exact) mass is 430 g/mol. The van der Waals surface area contributed by atoms with Gasteiger partial charge in [0.2, 0.25) is 0 Å². The molecule has 3 aromatic rings. The first-order chi connectivity index (χ1) is 15.4. The minimum absolute atomic E-state index is 0.00279. The normalized spacial score (nSPS) is 18.2. The molecule has 32 heavy (non-hydrogen) atoms. The number of pyridine rings is 1. The molecule has 2 aliphatic heterocycles. The number of benzene rings is 1. The third kappa shape index (κ3) is 4.15. The van der Waals surface area contributed by atoms with Gasteiger partial charge in [-0.25, -0.2) is 9.78 Å². The number of carbonyl (C=O) groups is 1. The van der Waals surface area contributed by atoms with Crippen molar-refractivity contribution in [3.05, 3.63) is 59.9 Å². The lowest BCUT2D eigenvalue weighted by atomic mass is 9.97. The number of urea groups is 1. The molecule has 7 heteroatoms. The van der Waals surface area contributed by atoms with Gasteiger partial charge in [0.05, 0.1) is 6.04 Å². The number of aromatic nitrogens is 2. The summed E-state index contributed by atoms with van der Waals surface area (Å²) in [7, 11) is 0. The minimum atomic E-state index is -0.226. The summed E-state index contributed by atoms with van der Waals surface area (Å²) in [5.41, 5.74) is 5.61. The number of H-pyrrole nitrogens is 1. The van der Waals surface area contributed by atoms with Crippen LogP contribution in [0, 0.1) is 0 Å². The first kappa shape index (κ1) is 20.4. The molecule has 1 unspecified atom stereocenters. The van der Waals surface area contributed by atoms with Gasteiger partial charge in [-0.15, -0.1) is 0 Å². The minimum Gasteiger partial charge on any atom is -0.363 e. The number of fused-ring (bicyclic) bond motifs is 2. The molecular weight excluding hydrogens is 400 g/mol. The summed E-state index contributed by atoms with van der Waals surface area (Å²) in [4.78, 5) is 22.1. The van der Waals surface area contributed by atoms with Crippen LogP contribution in [0.2, 0.25) is 0 Å². The summed E-state index contributed by atoms with van der Waals surface area (Å²) in [6, 6.07) is 10.7. The lowest BCUT2D eigenvalue weighted by Crippen LogP contribution is -2.50. The van der Waals surface area contributed by atoms with Crippen LogP contribution in [0.4, 0.5) is 22.0 Å². The van der Waals surface area contributed by atoms with E-state index in [0.717, 1.165) is 42.1 Å². The van der Waals surface area contributed by atoms with Crippen molar-refractivity contribution in [3.63, 3.8) is 0 Å². The van der Waals surface area contributed by atoms with Crippen molar-refractivity contribution in [2.45, 2.75) is 45.2 Å². The molecule has 1 atom stereocenters. The second-order valence-corrected chi connectivity index (χ2v) is 9.65. The largest absolute Gasteiger partial charge is 0.363 e. The van der Waals surface area contributed by atoms with Crippen LogP contribution in [-0.2, 0) is 6.42 Å². The van der Waals surface area contributed by atoms with E-state index in [1.165, 1.54) is 16.5 Å². The van der Waals surface area contributed by atoms with Crippen LogP contribution in [0.25, 0.3) is 10.9 Å². The number of hydrogen-bond donors (Lipinski definition) is 4. The van der Waals surface area contributed by atoms with Crippen molar-refractivity contribution in [2.24, 2.45) is 0 Å². The molecule has 0 aliphatic carbocycles. The molecule has 0 saturated heterocycles. The molecule has 166 valence electrons. The number of nitrogens with zero attached hydrogens (tertiary/aromatic N) is 2. The highest BCUT2D eigenvalue weighted by atomic mass is 16.2. The first-order valence-corrected chi connectivity index (χ1v) is 11.2. The fraction of sp³-hybridized carbons (Fsp3) is 0.360. The van der Waals surface area contributed by atoms with E-state index in [1.807, 2.05) is 44.1 Å². The van der Waals surface area contributed by atoms with Gasteiger partial charge < -0.3 is 25.8 Å². The Balaban J connectivity index is 1.28. The van der Waals surface area contributed by atoms with Crippen molar-refractivity contribution < 1.29 is 4.79 Å². The summed E-state index contributed by atoms with van der Waals surface area (Å²) < 4.78 is 0. The van der Waals surface area contributed by atoms with Gasteiger partial charge >= 0.3 is 6.03 Å². The maximum atomic E-state index is 12.5. The maximum Gasteiger partial charge on any atom is 0.318 e. The highest BCUT2D eigenvalue weighted by molar-refractivity contribution is 5.84. The number of anilines is 3. The van der Waals surface area contributed by atoms with Crippen LogP contribution in [0.1, 0.15) is 32.8 Å². The van der Waals surface area contributed by atoms with Crippen LogP contribution in [0.5, 0.6) is 0 Å². The number of rotatable bonds is 3. The summed E-state index contributed by atoms with van der Waals surface area (Å²) in [5, 5.41) is 11.4. The van der Waals surface area contributed by atoms with E-state index in [2.05, 4.69) is 56.3 Å². The summed E-state index contributed by atoms with van der Waals surface area (Å²) in [6.07, 6.45) is 7.76. The zero-order valence-corrected chi connectivity index (χ0v) is 18.8. The van der Waals surface area contributed by atoms with Gasteiger partial charge in [-0.3, -0.25) is 0 Å². The Hall–Kier alpha value is -3.48. The first-order valence-electron chi connectivity index (χ1n) is 11.2. The van der Waals surface area contributed by atoms with Gasteiger partial charge in [0.1, 0.15) is 5.82 Å². The van der Waals surface area contributed by atoms with Crippen LogP contribution >= 0.6 is 0 Å². The smallest absolute Gasteiger partial charge is 0.318 e. The Morgan fingerprint density at radius 1 is 1.22 bits per heavy atom. The Kier molecular flexibility index (Phi) is 5.04. The van der Waals surface area contributed by atoms with Crippen molar-refractivity contribution in [2.75, 3.05) is 23.7 Å². The van der Waals surface area contributed by atoms with E-state index in [-0.39, 0.29) is 17.6 Å². The summed E-state index contributed by atoms with van der Waals surface area (Å²) in [6.45, 7) is 7.39. The lowest BCUT2D eigenvalue weighted by molar-refractivity contribution is 0.192. The molecule has 0 spiro atoms. The van der Waals surface area contributed by atoms with Crippen LogP contribution < -0.4 is 16.0 Å². The fourth-order valence-corrected chi connectivity index (χ4v) is 4.46. The number of aromatic amines is 1. The number of amides is 2. The van der Waals surface area contributed by atoms with Crippen molar-refractivity contribution >= 4 is 34.1 Å². The summed E-state index contributed by atoms with van der Waals surface area (Å²) in [5.74, 6) is 0.941. The highest BCUT2D eigenvalue weighted by Crippen LogP contribution is 2.35. The van der Waals surface area contributed by atoms with Gasteiger partial charge in [-0.2, -0.15) is 0 Å². The maximum absolute atomic E-state index is 12.5. The van der Waals surface area contributed by atoms with Gasteiger partial charge in [-0.05, 0) is 63.1 Å². The average Bonchev–Trinajstić information content (AvgIpc) is 3.40. The molecule has 0 radical (unpaired) electrons. The Bertz CT molecular complexity index is 1190. The van der Waals surface area contributed by atoms with Crippen LogP contribution in [0.3, 0.4) is 0 Å². The Morgan fingerprint density at radius 3 is 2.88 bits per heavy atom. The van der Waals surface area contributed by atoms with Crippen molar-refractivity contribution in [3.8, 4) is 0 Å².